The third kappa shape index (κ3) is 3.20. The van der Waals surface area contributed by atoms with Gasteiger partial charge >= 0.3 is 0 Å². The first-order valence-electron chi connectivity index (χ1n) is 5.27. The van der Waals surface area contributed by atoms with Crippen molar-refractivity contribution in [3.05, 3.63) is 0 Å². The predicted octanol–water partition coefficient (Wildman–Crippen LogP) is -0.615. The first-order chi connectivity index (χ1) is 7.02. The molecule has 2 amide bonds. The van der Waals surface area contributed by atoms with Crippen molar-refractivity contribution in [3.8, 4) is 0 Å². The number of aliphatic hydroxyl groups excluding tert-OH is 1. The van der Waals surface area contributed by atoms with E-state index in [2.05, 4.69) is 5.32 Å². The molecule has 5 nitrogen and oxygen atoms in total. The maximum absolute atomic E-state index is 11.6. The number of nitrogens with two attached hydrogens (primary N) is 1. The molecule has 3 unspecified atom stereocenters. The van der Waals surface area contributed by atoms with Crippen LogP contribution in [0.1, 0.15) is 26.2 Å². The summed E-state index contributed by atoms with van der Waals surface area (Å²) in [6.45, 7) is 1.96. The van der Waals surface area contributed by atoms with E-state index in [0.29, 0.717) is 5.92 Å². The van der Waals surface area contributed by atoms with E-state index in [-0.39, 0.29) is 18.4 Å². The first kappa shape index (κ1) is 12.0. The molecule has 0 radical (unpaired) electrons. The highest BCUT2D eigenvalue weighted by Crippen LogP contribution is 2.30. The first-order valence-corrected chi connectivity index (χ1v) is 5.27. The van der Waals surface area contributed by atoms with Crippen molar-refractivity contribution in [2.45, 2.75) is 32.3 Å². The summed E-state index contributed by atoms with van der Waals surface area (Å²) < 4.78 is 0. The summed E-state index contributed by atoms with van der Waals surface area (Å²) in [5, 5.41) is 11.6. The van der Waals surface area contributed by atoms with Gasteiger partial charge in [-0.15, -0.1) is 0 Å². The number of carbonyl (C=O) groups excluding carboxylic acids is 2. The molecule has 0 aromatic rings. The Labute approximate surface area is 89.0 Å². The Morgan fingerprint density at radius 2 is 2.20 bits per heavy atom. The zero-order valence-electron chi connectivity index (χ0n) is 8.90. The summed E-state index contributed by atoms with van der Waals surface area (Å²) in [5.74, 6) is -0.490. The molecular weight excluding hydrogens is 196 g/mol. The largest absolute Gasteiger partial charge is 0.381 e. The molecule has 0 spiro atoms. The number of hydrogen-bond acceptors (Lipinski definition) is 3. The van der Waals surface area contributed by atoms with Crippen LogP contribution in [0.5, 0.6) is 0 Å². The van der Waals surface area contributed by atoms with Crippen LogP contribution >= 0.6 is 0 Å². The van der Waals surface area contributed by atoms with Crippen molar-refractivity contribution in [2.75, 3.05) is 6.54 Å². The minimum atomic E-state index is -1.29. The van der Waals surface area contributed by atoms with Gasteiger partial charge in [-0.3, -0.25) is 9.59 Å². The van der Waals surface area contributed by atoms with Crippen molar-refractivity contribution < 1.29 is 14.7 Å². The van der Waals surface area contributed by atoms with E-state index in [1.165, 1.54) is 0 Å². The molecular formula is C10H18N2O3. The SMILES string of the molecule is CC1CCCC1C(=O)NCC(O)C(N)=O. The average molecular weight is 214 g/mol. The zero-order valence-corrected chi connectivity index (χ0v) is 8.90. The molecule has 1 saturated carbocycles. The van der Waals surface area contributed by atoms with Gasteiger partial charge in [0.05, 0.1) is 6.54 Å². The molecule has 15 heavy (non-hydrogen) atoms. The van der Waals surface area contributed by atoms with Crippen LogP contribution in [-0.4, -0.2) is 29.6 Å². The maximum atomic E-state index is 11.6. The van der Waals surface area contributed by atoms with Gasteiger partial charge in [-0.2, -0.15) is 0 Å². The average Bonchev–Trinajstić information content (AvgIpc) is 2.60. The number of carbonyl (C=O) groups is 2. The summed E-state index contributed by atoms with van der Waals surface area (Å²) in [7, 11) is 0. The predicted molar refractivity (Wildman–Crippen MR) is 54.7 cm³/mol. The van der Waals surface area contributed by atoms with Gasteiger partial charge in [0.2, 0.25) is 11.8 Å². The van der Waals surface area contributed by atoms with Gasteiger partial charge in [0, 0.05) is 5.92 Å². The Balaban J connectivity index is 2.32. The number of amides is 2. The van der Waals surface area contributed by atoms with Gasteiger partial charge in [0.1, 0.15) is 6.10 Å². The molecule has 1 fully saturated rings. The number of rotatable bonds is 4. The number of nitrogens with one attached hydrogen (secondary N) is 1. The topological polar surface area (TPSA) is 92.4 Å². The monoisotopic (exact) mass is 214 g/mol. The fraction of sp³-hybridized carbons (Fsp3) is 0.800. The second kappa shape index (κ2) is 5.11. The van der Waals surface area contributed by atoms with Crippen molar-refractivity contribution in [1.29, 1.82) is 0 Å². The van der Waals surface area contributed by atoms with Gasteiger partial charge in [0.25, 0.3) is 0 Å². The lowest BCUT2D eigenvalue weighted by molar-refractivity contribution is -0.128. The summed E-state index contributed by atoms with van der Waals surface area (Å²) >= 11 is 0. The van der Waals surface area contributed by atoms with Crippen LogP contribution in [0.4, 0.5) is 0 Å². The fourth-order valence-corrected chi connectivity index (χ4v) is 1.96. The Morgan fingerprint density at radius 1 is 1.53 bits per heavy atom. The summed E-state index contributed by atoms with van der Waals surface area (Å²) in [4.78, 5) is 22.1. The molecule has 0 bridgehead atoms. The lowest BCUT2D eigenvalue weighted by atomic mass is 9.97. The van der Waals surface area contributed by atoms with Crippen LogP contribution in [0.2, 0.25) is 0 Å². The Kier molecular flexibility index (Phi) is 4.08. The van der Waals surface area contributed by atoms with Gasteiger partial charge in [-0.1, -0.05) is 13.3 Å². The molecule has 86 valence electrons. The molecule has 0 aromatic heterocycles. The second-order valence-electron chi connectivity index (χ2n) is 4.18. The molecule has 0 aromatic carbocycles. The van der Waals surface area contributed by atoms with E-state index < -0.39 is 12.0 Å². The molecule has 0 saturated heterocycles. The molecule has 1 rings (SSSR count). The maximum Gasteiger partial charge on any atom is 0.248 e. The van der Waals surface area contributed by atoms with E-state index in [1.807, 2.05) is 6.92 Å². The molecule has 4 N–H and O–H groups in total. The third-order valence-corrected chi connectivity index (χ3v) is 3.00. The molecule has 1 aliphatic rings. The van der Waals surface area contributed by atoms with Gasteiger partial charge in [-0.05, 0) is 18.8 Å². The number of primary amides is 1. The highest BCUT2D eigenvalue weighted by molar-refractivity contribution is 5.82. The standard InChI is InChI=1S/C10H18N2O3/c1-6-3-2-4-7(6)10(15)12-5-8(13)9(11)14/h6-8,13H,2-5H2,1H3,(H2,11,14)(H,12,15). The van der Waals surface area contributed by atoms with E-state index in [0.717, 1.165) is 19.3 Å². The lowest BCUT2D eigenvalue weighted by Crippen LogP contribution is -2.42. The molecule has 0 aliphatic heterocycles. The van der Waals surface area contributed by atoms with Gasteiger partial charge in [-0.25, -0.2) is 0 Å². The number of hydrogen-bond donors (Lipinski definition) is 3. The Bertz CT molecular complexity index is 255. The van der Waals surface area contributed by atoms with Crippen LogP contribution in [0.15, 0.2) is 0 Å². The van der Waals surface area contributed by atoms with Crippen LogP contribution in [-0.2, 0) is 9.59 Å². The smallest absolute Gasteiger partial charge is 0.248 e. The van der Waals surface area contributed by atoms with Crippen LogP contribution in [0, 0.1) is 11.8 Å². The van der Waals surface area contributed by atoms with E-state index in [4.69, 9.17) is 10.8 Å². The van der Waals surface area contributed by atoms with E-state index in [9.17, 15) is 9.59 Å². The normalized spacial score (nSPS) is 27.3. The van der Waals surface area contributed by atoms with Crippen molar-refractivity contribution in [1.82, 2.24) is 5.32 Å². The summed E-state index contributed by atoms with van der Waals surface area (Å²) in [6, 6.07) is 0. The molecule has 3 atom stereocenters. The summed E-state index contributed by atoms with van der Waals surface area (Å²) in [5.41, 5.74) is 4.86. The second-order valence-corrected chi connectivity index (χ2v) is 4.18. The number of aliphatic hydroxyl groups is 1. The van der Waals surface area contributed by atoms with Crippen molar-refractivity contribution in [2.24, 2.45) is 17.6 Å². The fourth-order valence-electron chi connectivity index (χ4n) is 1.96. The third-order valence-electron chi connectivity index (χ3n) is 3.00. The quantitative estimate of drug-likeness (QED) is 0.582. The van der Waals surface area contributed by atoms with E-state index in [1.54, 1.807) is 0 Å². The lowest BCUT2D eigenvalue weighted by Gasteiger charge is -2.16. The molecule has 1 aliphatic carbocycles. The molecule has 5 heteroatoms. The minimum Gasteiger partial charge on any atom is -0.381 e. The Hall–Kier alpha value is -1.10. The van der Waals surface area contributed by atoms with Crippen molar-refractivity contribution in [3.63, 3.8) is 0 Å². The highest BCUT2D eigenvalue weighted by Gasteiger charge is 2.29. The van der Waals surface area contributed by atoms with Gasteiger partial charge in [0.15, 0.2) is 0 Å². The van der Waals surface area contributed by atoms with Crippen molar-refractivity contribution >= 4 is 11.8 Å². The zero-order chi connectivity index (χ0) is 11.4. The van der Waals surface area contributed by atoms with Crippen LogP contribution < -0.4 is 11.1 Å². The van der Waals surface area contributed by atoms with E-state index >= 15 is 0 Å². The van der Waals surface area contributed by atoms with Crippen LogP contribution in [0.3, 0.4) is 0 Å². The Morgan fingerprint density at radius 3 is 2.67 bits per heavy atom. The molecule has 0 heterocycles. The minimum absolute atomic E-state index is 0.0186. The summed E-state index contributed by atoms with van der Waals surface area (Å²) in [6.07, 6.45) is 1.74. The highest BCUT2D eigenvalue weighted by atomic mass is 16.3. The van der Waals surface area contributed by atoms with Gasteiger partial charge < -0.3 is 16.2 Å². The van der Waals surface area contributed by atoms with Crippen LogP contribution in [0.25, 0.3) is 0 Å².